The van der Waals surface area contributed by atoms with Gasteiger partial charge in [-0.15, -0.1) is 6.58 Å². The zero-order valence-corrected chi connectivity index (χ0v) is 13.3. The molecule has 0 atom stereocenters. The van der Waals surface area contributed by atoms with Gasteiger partial charge in [-0.1, -0.05) is 12.1 Å². The minimum atomic E-state index is -0.656. The van der Waals surface area contributed by atoms with E-state index in [4.69, 9.17) is 0 Å². The number of hydrogen-bond donors (Lipinski definition) is 1. The maximum atomic E-state index is 11.7. The third-order valence-electron chi connectivity index (χ3n) is 5.01. The second-order valence-corrected chi connectivity index (χ2v) is 6.38. The Morgan fingerprint density at radius 2 is 2.17 bits per heavy atom. The van der Waals surface area contributed by atoms with Crippen molar-refractivity contribution < 1.29 is 9.90 Å². The van der Waals surface area contributed by atoms with Crippen molar-refractivity contribution in [3.05, 3.63) is 48.8 Å². The van der Waals surface area contributed by atoms with Gasteiger partial charge in [-0.2, -0.15) is 5.10 Å². The lowest BCUT2D eigenvalue weighted by Gasteiger charge is -2.39. The first-order valence-corrected chi connectivity index (χ1v) is 8.12. The van der Waals surface area contributed by atoms with E-state index < -0.39 is 11.4 Å². The van der Waals surface area contributed by atoms with Gasteiger partial charge in [0.15, 0.2) is 0 Å². The van der Waals surface area contributed by atoms with E-state index in [1.54, 1.807) is 6.20 Å². The van der Waals surface area contributed by atoms with Crippen molar-refractivity contribution in [1.29, 1.82) is 0 Å². The molecular formula is C18H23N3O2. The summed E-state index contributed by atoms with van der Waals surface area (Å²) in [7, 11) is 0. The van der Waals surface area contributed by atoms with E-state index in [0.717, 1.165) is 31.6 Å². The van der Waals surface area contributed by atoms with Crippen molar-refractivity contribution in [3.63, 3.8) is 0 Å². The molecule has 23 heavy (non-hydrogen) atoms. The number of fused-ring (bicyclic) bond motifs is 1. The summed E-state index contributed by atoms with van der Waals surface area (Å²) >= 11 is 0. The van der Waals surface area contributed by atoms with Gasteiger partial charge in [-0.25, -0.2) is 4.52 Å². The highest BCUT2D eigenvalue weighted by Gasteiger charge is 2.40. The van der Waals surface area contributed by atoms with Crippen LogP contribution in [-0.4, -0.2) is 38.7 Å². The quantitative estimate of drug-likeness (QED) is 0.833. The van der Waals surface area contributed by atoms with Gasteiger partial charge in [0.1, 0.15) is 0 Å². The van der Waals surface area contributed by atoms with Gasteiger partial charge >= 0.3 is 5.97 Å². The van der Waals surface area contributed by atoms with Gasteiger partial charge in [-0.05, 0) is 56.5 Å². The number of likely N-dealkylation sites (tertiary alicyclic amines) is 1. The number of hydrogen-bond acceptors (Lipinski definition) is 3. The zero-order chi connectivity index (χ0) is 16.3. The number of rotatable bonds is 6. The SMILES string of the molecule is C=CCCC1(C(=O)O)CCN(Cc2cccn3nccc23)CC1. The minimum Gasteiger partial charge on any atom is -0.481 e. The van der Waals surface area contributed by atoms with E-state index in [2.05, 4.69) is 22.6 Å². The molecule has 1 fully saturated rings. The number of piperidine rings is 1. The van der Waals surface area contributed by atoms with E-state index in [0.29, 0.717) is 19.3 Å². The molecule has 0 aromatic carbocycles. The first-order valence-electron chi connectivity index (χ1n) is 8.12. The summed E-state index contributed by atoms with van der Waals surface area (Å²) < 4.78 is 1.88. The lowest BCUT2D eigenvalue weighted by atomic mass is 9.75. The smallest absolute Gasteiger partial charge is 0.309 e. The topological polar surface area (TPSA) is 57.8 Å². The molecule has 0 unspecified atom stereocenters. The Bertz CT molecular complexity index is 699. The van der Waals surface area contributed by atoms with Crippen LogP contribution >= 0.6 is 0 Å². The first kappa shape index (κ1) is 15.7. The highest BCUT2D eigenvalue weighted by molar-refractivity contribution is 5.74. The van der Waals surface area contributed by atoms with Crippen molar-refractivity contribution in [3.8, 4) is 0 Å². The highest BCUT2D eigenvalue weighted by Crippen LogP contribution is 2.37. The summed E-state index contributed by atoms with van der Waals surface area (Å²) in [5, 5.41) is 13.9. The maximum Gasteiger partial charge on any atom is 0.309 e. The number of aliphatic carboxylic acids is 1. The fourth-order valence-corrected chi connectivity index (χ4v) is 3.48. The average molecular weight is 313 g/mol. The lowest BCUT2D eigenvalue weighted by Crippen LogP contribution is -2.44. The second-order valence-electron chi connectivity index (χ2n) is 6.38. The minimum absolute atomic E-state index is 0.576. The number of allylic oxidation sites excluding steroid dienone is 1. The largest absolute Gasteiger partial charge is 0.481 e. The van der Waals surface area contributed by atoms with Gasteiger partial charge in [0.25, 0.3) is 0 Å². The van der Waals surface area contributed by atoms with Crippen LogP contribution in [0.1, 0.15) is 31.2 Å². The molecule has 1 N–H and O–H groups in total. The number of carboxylic acids is 1. The lowest BCUT2D eigenvalue weighted by molar-refractivity contribution is -0.152. The molecule has 0 aliphatic carbocycles. The van der Waals surface area contributed by atoms with Crippen LogP contribution in [0.4, 0.5) is 0 Å². The Hall–Kier alpha value is -2.14. The van der Waals surface area contributed by atoms with E-state index in [1.165, 1.54) is 5.56 Å². The summed E-state index contributed by atoms with van der Waals surface area (Å²) in [4.78, 5) is 14.1. The first-order chi connectivity index (χ1) is 11.1. The zero-order valence-electron chi connectivity index (χ0n) is 13.3. The predicted octanol–water partition coefficient (Wildman–Crippen LogP) is 2.97. The number of pyridine rings is 1. The van der Waals surface area contributed by atoms with Crippen LogP contribution in [0.5, 0.6) is 0 Å². The third kappa shape index (κ3) is 3.15. The molecule has 0 saturated carbocycles. The van der Waals surface area contributed by atoms with Crippen LogP contribution in [0.2, 0.25) is 0 Å². The summed E-state index contributed by atoms with van der Waals surface area (Å²) in [5.74, 6) is -0.656. The van der Waals surface area contributed by atoms with E-state index >= 15 is 0 Å². The van der Waals surface area contributed by atoms with Gasteiger partial charge in [-0.3, -0.25) is 9.69 Å². The van der Waals surface area contributed by atoms with Crippen LogP contribution in [0.25, 0.3) is 5.52 Å². The summed E-state index contributed by atoms with van der Waals surface area (Å²) in [6, 6.07) is 6.14. The molecule has 1 aliphatic heterocycles. The molecule has 2 aromatic heterocycles. The molecule has 3 heterocycles. The fraction of sp³-hybridized carbons (Fsp3) is 0.444. The van der Waals surface area contributed by atoms with Crippen LogP contribution < -0.4 is 0 Å². The van der Waals surface area contributed by atoms with Crippen molar-refractivity contribution in [2.45, 2.75) is 32.2 Å². The molecule has 5 heteroatoms. The van der Waals surface area contributed by atoms with Crippen LogP contribution in [0, 0.1) is 5.41 Å². The fourth-order valence-electron chi connectivity index (χ4n) is 3.48. The summed E-state index contributed by atoms with van der Waals surface area (Å²) in [5.41, 5.74) is 1.78. The van der Waals surface area contributed by atoms with Crippen molar-refractivity contribution in [2.75, 3.05) is 13.1 Å². The van der Waals surface area contributed by atoms with Gasteiger partial charge in [0.2, 0.25) is 0 Å². The normalized spacial score (nSPS) is 18.1. The average Bonchev–Trinajstić information content (AvgIpc) is 3.04. The predicted molar refractivity (Wildman–Crippen MR) is 89.2 cm³/mol. The van der Waals surface area contributed by atoms with Gasteiger partial charge in [0, 0.05) is 18.9 Å². The van der Waals surface area contributed by atoms with Gasteiger partial charge < -0.3 is 5.11 Å². The maximum absolute atomic E-state index is 11.7. The molecule has 0 bridgehead atoms. The summed E-state index contributed by atoms with van der Waals surface area (Å²) in [6.07, 6.45) is 8.44. The van der Waals surface area contributed by atoms with Crippen molar-refractivity contribution >= 4 is 11.5 Å². The molecule has 0 radical (unpaired) electrons. The third-order valence-corrected chi connectivity index (χ3v) is 5.01. The van der Waals surface area contributed by atoms with E-state index in [-0.39, 0.29) is 0 Å². The summed E-state index contributed by atoms with van der Waals surface area (Å²) in [6.45, 7) is 6.20. The van der Waals surface area contributed by atoms with Crippen LogP contribution in [0.3, 0.4) is 0 Å². The van der Waals surface area contributed by atoms with Gasteiger partial charge in [0.05, 0.1) is 10.9 Å². The molecule has 2 aromatic rings. The Labute approximate surface area is 136 Å². The molecule has 0 spiro atoms. The molecule has 1 saturated heterocycles. The molecular weight excluding hydrogens is 290 g/mol. The number of carboxylic acid groups (broad SMARTS) is 1. The highest BCUT2D eigenvalue weighted by atomic mass is 16.4. The van der Waals surface area contributed by atoms with Crippen molar-refractivity contribution in [2.24, 2.45) is 5.41 Å². The van der Waals surface area contributed by atoms with E-state index in [9.17, 15) is 9.90 Å². The Kier molecular flexibility index (Phi) is 4.48. The Morgan fingerprint density at radius 1 is 1.39 bits per heavy atom. The molecule has 122 valence electrons. The number of aromatic nitrogens is 2. The Morgan fingerprint density at radius 3 is 2.87 bits per heavy atom. The number of nitrogens with zero attached hydrogens (tertiary/aromatic N) is 3. The molecule has 1 aliphatic rings. The van der Waals surface area contributed by atoms with Crippen LogP contribution in [-0.2, 0) is 11.3 Å². The molecule has 5 nitrogen and oxygen atoms in total. The van der Waals surface area contributed by atoms with Crippen molar-refractivity contribution in [1.82, 2.24) is 14.5 Å². The van der Waals surface area contributed by atoms with E-state index in [1.807, 2.05) is 28.9 Å². The molecule has 3 rings (SSSR count). The monoisotopic (exact) mass is 313 g/mol. The second kappa shape index (κ2) is 6.54. The number of carbonyl (C=O) groups is 1. The van der Waals surface area contributed by atoms with Crippen LogP contribution in [0.15, 0.2) is 43.2 Å². The Balaban J connectivity index is 1.68. The standard InChI is InChI=1S/C18H23N3O2/c1-2-3-7-18(17(22)23)8-12-20(13-9-18)14-15-5-4-11-21-16(15)6-10-19-21/h2,4-6,10-11H,1,3,7-9,12-14H2,(H,22,23). The molecule has 0 amide bonds.